The van der Waals surface area contributed by atoms with E-state index in [1.165, 1.54) is 4.88 Å². The predicted molar refractivity (Wildman–Crippen MR) is 112 cm³/mol. The highest BCUT2D eigenvalue weighted by atomic mass is 35.5. The number of carbonyl (C=O) groups is 1. The van der Waals surface area contributed by atoms with Crippen molar-refractivity contribution in [3.63, 3.8) is 0 Å². The third kappa shape index (κ3) is 4.80. The summed E-state index contributed by atoms with van der Waals surface area (Å²) < 4.78 is 11.3. The second-order valence-electron chi connectivity index (χ2n) is 7.34. The van der Waals surface area contributed by atoms with Gasteiger partial charge in [-0.25, -0.2) is 0 Å². The third-order valence-electron chi connectivity index (χ3n) is 5.28. The monoisotopic (exact) mass is 420 g/mol. The number of piperidine rings is 1. The summed E-state index contributed by atoms with van der Waals surface area (Å²) in [4.78, 5) is 16.5. The molecule has 2 aliphatic rings. The highest BCUT2D eigenvalue weighted by Crippen LogP contribution is 2.38. The molecule has 0 unspecified atom stereocenters. The standard InChI is InChI=1S/C21H25ClN2O3S/c22-18-11-16(12-19-20(18)27-9-2-8-26-19)21(25)23-13-15-4-6-24(7-5-15)14-17-3-1-10-28-17/h1,3,10-12,15H,2,4-9,13-14H2,(H,23,25). The van der Waals surface area contributed by atoms with E-state index in [4.69, 9.17) is 21.1 Å². The molecule has 4 rings (SSSR count). The minimum atomic E-state index is -0.112. The predicted octanol–water partition coefficient (Wildman–Crippen LogP) is 4.20. The Morgan fingerprint density at radius 1 is 1.25 bits per heavy atom. The summed E-state index contributed by atoms with van der Waals surface area (Å²) in [6.07, 6.45) is 3.01. The maximum atomic E-state index is 12.6. The lowest BCUT2D eigenvalue weighted by atomic mass is 9.96. The summed E-state index contributed by atoms with van der Waals surface area (Å²) in [7, 11) is 0. The van der Waals surface area contributed by atoms with Crippen molar-refractivity contribution < 1.29 is 14.3 Å². The largest absolute Gasteiger partial charge is 0.489 e. The number of nitrogens with one attached hydrogen (secondary N) is 1. The molecular formula is C21H25ClN2O3S. The Morgan fingerprint density at radius 3 is 2.86 bits per heavy atom. The second kappa shape index (κ2) is 9.16. The summed E-state index contributed by atoms with van der Waals surface area (Å²) in [5.41, 5.74) is 0.518. The molecule has 0 spiro atoms. The molecule has 1 amide bonds. The molecule has 7 heteroatoms. The van der Waals surface area contributed by atoms with Gasteiger partial charge in [0.25, 0.3) is 5.91 Å². The van der Waals surface area contributed by atoms with Gasteiger partial charge >= 0.3 is 0 Å². The van der Waals surface area contributed by atoms with E-state index in [0.29, 0.717) is 47.8 Å². The van der Waals surface area contributed by atoms with Crippen molar-refractivity contribution in [2.75, 3.05) is 32.8 Å². The number of hydrogen-bond donors (Lipinski definition) is 1. The van der Waals surface area contributed by atoms with E-state index in [-0.39, 0.29) is 5.91 Å². The maximum Gasteiger partial charge on any atom is 0.251 e. The normalized spacial score (nSPS) is 17.9. The zero-order chi connectivity index (χ0) is 19.3. The van der Waals surface area contributed by atoms with Gasteiger partial charge in [0.2, 0.25) is 0 Å². The van der Waals surface area contributed by atoms with Crippen LogP contribution in [-0.2, 0) is 6.54 Å². The number of hydrogen-bond acceptors (Lipinski definition) is 5. The number of halogens is 1. The van der Waals surface area contributed by atoms with Crippen molar-refractivity contribution in [3.05, 3.63) is 45.1 Å². The van der Waals surface area contributed by atoms with Gasteiger partial charge in [0.1, 0.15) is 0 Å². The third-order valence-corrected chi connectivity index (χ3v) is 6.42. The first kappa shape index (κ1) is 19.6. The lowest BCUT2D eigenvalue weighted by molar-refractivity contribution is 0.0935. The lowest BCUT2D eigenvalue weighted by Crippen LogP contribution is -2.38. The number of nitrogens with zero attached hydrogens (tertiary/aromatic N) is 1. The summed E-state index contributed by atoms with van der Waals surface area (Å²) in [5, 5.41) is 5.62. The number of amides is 1. The summed E-state index contributed by atoms with van der Waals surface area (Å²) in [6.45, 7) is 5.02. The van der Waals surface area contributed by atoms with Crippen molar-refractivity contribution in [1.82, 2.24) is 10.2 Å². The second-order valence-corrected chi connectivity index (χ2v) is 8.78. The van der Waals surface area contributed by atoms with Crippen LogP contribution in [0.3, 0.4) is 0 Å². The van der Waals surface area contributed by atoms with E-state index in [2.05, 4.69) is 27.7 Å². The number of likely N-dealkylation sites (tertiary alicyclic amines) is 1. The van der Waals surface area contributed by atoms with Crippen LogP contribution >= 0.6 is 22.9 Å². The maximum absolute atomic E-state index is 12.6. The van der Waals surface area contributed by atoms with Gasteiger partial charge in [0.15, 0.2) is 11.5 Å². The fourth-order valence-electron chi connectivity index (χ4n) is 3.67. The average molecular weight is 421 g/mol. The molecule has 150 valence electrons. The molecule has 0 radical (unpaired) electrons. The molecule has 1 N–H and O–H groups in total. The van der Waals surface area contributed by atoms with Gasteiger partial charge in [-0.3, -0.25) is 9.69 Å². The zero-order valence-corrected chi connectivity index (χ0v) is 17.4. The molecule has 1 aromatic carbocycles. The van der Waals surface area contributed by atoms with Gasteiger partial charge in [-0.1, -0.05) is 17.7 Å². The van der Waals surface area contributed by atoms with E-state index >= 15 is 0 Å². The molecule has 0 atom stereocenters. The minimum absolute atomic E-state index is 0.112. The van der Waals surface area contributed by atoms with Crippen LogP contribution < -0.4 is 14.8 Å². The van der Waals surface area contributed by atoms with Crippen molar-refractivity contribution in [2.24, 2.45) is 5.92 Å². The van der Waals surface area contributed by atoms with Crippen LogP contribution in [0.5, 0.6) is 11.5 Å². The van der Waals surface area contributed by atoms with Crippen molar-refractivity contribution >= 4 is 28.8 Å². The Hall–Kier alpha value is -1.76. The SMILES string of the molecule is O=C(NCC1CCN(Cc2cccs2)CC1)c1cc(Cl)c2c(c1)OCCCO2. The number of fused-ring (bicyclic) bond motifs is 1. The molecule has 28 heavy (non-hydrogen) atoms. The van der Waals surface area contributed by atoms with Crippen LogP contribution in [-0.4, -0.2) is 43.7 Å². The Kier molecular flexibility index (Phi) is 6.40. The number of benzene rings is 1. The Labute approximate surface area is 174 Å². The van der Waals surface area contributed by atoms with Crippen LogP contribution in [0.1, 0.15) is 34.5 Å². The fourth-order valence-corrected chi connectivity index (χ4v) is 4.68. The molecule has 0 saturated carbocycles. The minimum Gasteiger partial charge on any atom is -0.489 e. The Balaban J connectivity index is 1.28. The molecule has 5 nitrogen and oxygen atoms in total. The van der Waals surface area contributed by atoms with Crippen molar-refractivity contribution in [3.8, 4) is 11.5 Å². The van der Waals surface area contributed by atoms with Gasteiger partial charge in [0.05, 0.1) is 18.2 Å². The lowest BCUT2D eigenvalue weighted by Gasteiger charge is -2.31. The number of thiophene rings is 1. The van der Waals surface area contributed by atoms with Crippen LogP contribution in [0.25, 0.3) is 0 Å². The number of rotatable bonds is 5. The van der Waals surface area contributed by atoms with E-state index in [9.17, 15) is 4.79 Å². The van der Waals surface area contributed by atoms with Gasteiger partial charge in [0, 0.05) is 30.0 Å². The molecule has 2 aliphatic heterocycles. The van der Waals surface area contributed by atoms with Gasteiger partial charge in [-0.15, -0.1) is 11.3 Å². The van der Waals surface area contributed by atoms with Gasteiger partial charge in [-0.2, -0.15) is 0 Å². The van der Waals surface area contributed by atoms with Crippen LogP contribution in [0.4, 0.5) is 0 Å². The van der Waals surface area contributed by atoms with Crippen molar-refractivity contribution in [2.45, 2.75) is 25.8 Å². The molecule has 0 bridgehead atoms. The average Bonchev–Trinajstić information content (AvgIpc) is 3.09. The molecule has 0 aliphatic carbocycles. The van der Waals surface area contributed by atoms with E-state index in [1.807, 2.05) is 11.3 Å². The van der Waals surface area contributed by atoms with Crippen molar-refractivity contribution in [1.29, 1.82) is 0 Å². The fraction of sp³-hybridized carbons (Fsp3) is 0.476. The first-order valence-corrected chi connectivity index (χ1v) is 11.1. The molecule has 1 fully saturated rings. The summed E-state index contributed by atoms with van der Waals surface area (Å²) in [5.74, 6) is 1.49. The van der Waals surface area contributed by atoms with Crippen LogP contribution in [0, 0.1) is 5.92 Å². The first-order valence-electron chi connectivity index (χ1n) is 9.81. The number of ether oxygens (including phenoxy) is 2. The van der Waals surface area contributed by atoms with Crippen LogP contribution in [0.2, 0.25) is 5.02 Å². The quantitative estimate of drug-likeness (QED) is 0.787. The van der Waals surface area contributed by atoms with Crippen LogP contribution in [0.15, 0.2) is 29.6 Å². The highest BCUT2D eigenvalue weighted by Gasteiger charge is 2.22. The Bertz CT molecular complexity index is 804. The smallest absolute Gasteiger partial charge is 0.251 e. The van der Waals surface area contributed by atoms with E-state index < -0.39 is 0 Å². The van der Waals surface area contributed by atoms with Gasteiger partial charge < -0.3 is 14.8 Å². The van der Waals surface area contributed by atoms with E-state index in [1.54, 1.807) is 12.1 Å². The Morgan fingerprint density at radius 2 is 2.07 bits per heavy atom. The molecule has 3 heterocycles. The molecular weight excluding hydrogens is 396 g/mol. The summed E-state index contributed by atoms with van der Waals surface area (Å²) >= 11 is 8.11. The van der Waals surface area contributed by atoms with Gasteiger partial charge in [-0.05, 0) is 55.4 Å². The highest BCUT2D eigenvalue weighted by molar-refractivity contribution is 7.09. The molecule has 1 aromatic heterocycles. The topological polar surface area (TPSA) is 50.8 Å². The molecule has 2 aromatic rings. The molecule has 1 saturated heterocycles. The zero-order valence-electron chi connectivity index (χ0n) is 15.8. The summed E-state index contributed by atoms with van der Waals surface area (Å²) in [6, 6.07) is 7.69. The first-order chi connectivity index (χ1) is 13.7. The number of carbonyl (C=O) groups excluding carboxylic acids is 1. The van der Waals surface area contributed by atoms with E-state index in [0.717, 1.165) is 38.9 Å².